The molecule has 2 aromatic rings. The molecule has 2 amide bonds. The van der Waals surface area contributed by atoms with Crippen LogP contribution in [0.2, 0.25) is 0 Å². The number of piperidine rings is 1. The summed E-state index contributed by atoms with van der Waals surface area (Å²) in [5.41, 5.74) is 2.41. The molecule has 0 aliphatic carbocycles. The number of hydrogen-bond acceptors (Lipinski definition) is 4. The van der Waals surface area contributed by atoms with Gasteiger partial charge in [-0.2, -0.15) is 0 Å². The lowest BCUT2D eigenvalue weighted by Gasteiger charge is -2.46. The molecule has 1 aromatic heterocycles. The van der Waals surface area contributed by atoms with Crippen LogP contribution in [0.1, 0.15) is 25.5 Å². The van der Waals surface area contributed by atoms with Crippen LogP contribution in [0, 0.1) is 5.82 Å². The minimum atomic E-state index is -0.701. The Bertz CT molecular complexity index is 918. The highest BCUT2D eigenvalue weighted by molar-refractivity contribution is 5.83. The standard InChI is InChI=1S/C20H23FN4O3/c1-13(18(26)28-2)22-19(27)24-10-7-20(8-11-24)17-4-3-9-25(17)16-6-5-14(21)12-15(16)23-20/h3-6,9,12-13,23H,7-8,10-11H2,1-2H3,(H,22,27). The second kappa shape index (κ2) is 6.85. The number of esters is 1. The van der Waals surface area contributed by atoms with E-state index in [0.717, 1.165) is 17.1 Å². The zero-order valence-corrected chi connectivity index (χ0v) is 15.9. The first kappa shape index (κ1) is 18.3. The number of urea groups is 1. The molecule has 28 heavy (non-hydrogen) atoms. The average Bonchev–Trinajstić information content (AvgIpc) is 3.18. The highest BCUT2D eigenvalue weighted by Gasteiger charge is 2.42. The number of methoxy groups -OCH3 is 1. The van der Waals surface area contributed by atoms with Crippen LogP contribution in [-0.4, -0.2) is 47.7 Å². The second-order valence-corrected chi connectivity index (χ2v) is 7.31. The molecule has 8 heteroatoms. The summed E-state index contributed by atoms with van der Waals surface area (Å²) in [5.74, 6) is -0.766. The van der Waals surface area contributed by atoms with E-state index in [9.17, 15) is 14.0 Å². The zero-order chi connectivity index (χ0) is 19.9. The number of amides is 2. The minimum absolute atomic E-state index is 0.286. The van der Waals surface area contributed by atoms with Crippen LogP contribution in [0.25, 0.3) is 5.69 Å². The maximum absolute atomic E-state index is 13.8. The summed E-state index contributed by atoms with van der Waals surface area (Å²) >= 11 is 0. The van der Waals surface area contributed by atoms with E-state index >= 15 is 0 Å². The number of rotatable bonds is 2. The number of carbonyl (C=O) groups excluding carboxylic acids is 2. The molecule has 2 aliphatic rings. The Hall–Kier alpha value is -3.03. The van der Waals surface area contributed by atoms with Crippen LogP contribution < -0.4 is 10.6 Å². The molecule has 148 valence electrons. The third kappa shape index (κ3) is 2.98. The first-order valence-corrected chi connectivity index (χ1v) is 9.33. The molecule has 1 spiro atoms. The van der Waals surface area contributed by atoms with Crippen molar-refractivity contribution in [3.05, 3.63) is 48.0 Å². The molecular formula is C20H23FN4O3. The molecule has 0 bridgehead atoms. The fourth-order valence-electron chi connectivity index (χ4n) is 4.11. The van der Waals surface area contributed by atoms with E-state index in [4.69, 9.17) is 0 Å². The largest absolute Gasteiger partial charge is 0.467 e. The van der Waals surface area contributed by atoms with Gasteiger partial charge >= 0.3 is 12.0 Å². The zero-order valence-electron chi connectivity index (χ0n) is 15.9. The number of nitrogens with zero attached hydrogens (tertiary/aromatic N) is 2. The molecule has 7 nitrogen and oxygen atoms in total. The van der Waals surface area contributed by atoms with Crippen LogP contribution in [0.5, 0.6) is 0 Å². The van der Waals surface area contributed by atoms with Crippen molar-refractivity contribution in [1.29, 1.82) is 0 Å². The normalized spacial score (nSPS) is 17.9. The van der Waals surface area contributed by atoms with Gasteiger partial charge in [0.1, 0.15) is 11.9 Å². The fourth-order valence-corrected chi connectivity index (χ4v) is 4.11. The summed E-state index contributed by atoms with van der Waals surface area (Å²) in [6.45, 7) is 2.63. The Labute approximate surface area is 162 Å². The van der Waals surface area contributed by atoms with Gasteiger partial charge in [-0.15, -0.1) is 0 Å². The van der Waals surface area contributed by atoms with Crippen molar-refractivity contribution >= 4 is 17.7 Å². The molecular weight excluding hydrogens is 363 g/mol. The van der Waals surface area contributed by atoms with Gasteiger partial charge in [0, 0.05) is 25.0 Å². The summed E-state index contributed by atoms with van der Waals surface area (Å²) in [6.07, 6.45) is 3.33. The van der Waals surface area contributed by atoms with Crippen LogP contribution >= 0.6 is 0 Å². The molecule has 3 heterocycles. The maximum atomic E-state index is 13.8. The lowest BCUT2D eigenvalue weighted by molar-refractivity contribution is -0.142. The van der Waals surface area contributed by atoms with Crippen molar-refractivity contribution in [2.45, 2.75) is 31.3 Å². The van der Waals surface area contributed by atoms with Crippen molar-refractivity contribution in [1.82, 2.24) is 14.8 Å². The van der Waals surface area contributed by atoms with Crippen LogP contribution in [0.3, 0.4) is 0 Å². The van der Waals surface area contributed by atoms with E-state index in [1.807, 2.05) is 12.3 Å². The monoisotopic (exact) mass is 386 g/mol. The summed E-state index contributed by atoms with van der Waals surface area (Å²) in [5, 5.41) is 6.20. The van der Waals surface area contributed by atoms with Crippen LogP contribution in [-0.2, 0) is 15.1 Å². The molecule has 2 N–H and O–H groups in total. The quantitative estimate of drug-likeness (QED) is 0.778. The van der Waals surface area contributed by atoms with Gasteiger partial charge < -0.3 is 24.8 Å². The van der Waals surface area contributed by atoms with Gasteiger partial charge in [-0.05, 0) is 50.1 Å². The highest BCUT2D eigenvalue weighted by Crippen LogP contribution is 2.43. The molecule has 0 saturated carbocycles. The number of halogens is 1. The van der Waals surface area contributed by atoms with E-state index in [2.05, 4.69) is 26.0 Å². The van der Waals surface area contributed by atoms with Crippen molar-refractivity contribution in [2.24, 2.45) is 0 Å². The minimum Gasteiger partial charge on any atom is -0.467 e. The van der Waals surface area contributed by atoms with E-state index in [1.54, 1.807) is 17.9 Å². The number of hydrogen-bond donors (Lipinski definition) is 2. The fraction of sp³-hybridized carbons (Fsp3) is 0.400. The molecule has 1 aromatic carbocycles. The van der Waals surface area contributed by atoms with Crippen molar-refractivity contribution in [3.63, 3.8) is 0 Å². The second-order valence-electron chi connectivity index (χ2n) is 7.31. The van der Waals surface area contributed by atoms with Crippen LogP contribution in [0.4, 0.5) is 14.9 Å². The Balaban J connectivity index is 1.52. The van der Waals surface area contributed by atoms with Gasteiger partial charge in [0.25, 0.3) is 0 Å². The Morgan fingerprint density at radius 2 is 2.04 bits per heavy atom. The lowest BCUT2D eigenvalue weighted by Crippen LogP contribution is -2.54. The van der Waals surface area contributed by atoms with Crippen molar-refractivity contribution in [3.8, 4) is 5.69 Å². The molecule has 1 saturated heterocycles. The summed E-state index contributed by atoms with van der Waals surface area (Å²) in [6, 6.07) is 7.79. The first-order chi connectivity index (χ1) is 13.4. The van der Waals surface area contributed by atoms with Crippen LogP contribution in [0.15, 0.2) is 36.5 Å². The Morgan fingerprint density at radius 3 is 2.75 bits per heavy atom. The Kier molecular flexibility index (Phi) is 4.49. The van der Waals surface area contributed by atoms with Gasteiger partial charge in [-0.3, -0.25) is 0 Å². The number of carbonyl (C=O) groups is 2. The molecule has 2 aliphatic heterocycles. The van der Waals surface area contributed by atoms with E-state index in [-0.39, 0.29) is 17.4 Å². The van der Waals surface area contributed by atoms with Gasteiger partial charge in [0.05, 0.1) is 24.0 Å². The molecule has 1 unspecified atom stereocenters. The number of nitrogens with one attached hydrogen (secondary N) is 2. The number of anilines is 1. The first-order valence-electron chi connectivity index (χ1n) is 9.33. The van der Waals surface area contributed by atoms with Gasteiger partial charge in [0.2, 0.25) is 0 Å². The molecule has 1 fully saturated rings. The number of ether oxygens (including phenoxy) is 1. The van der Waals surface area contributed by atoms with Gasteiger partial charge in [-0.25, -0.2) is 14.0 Å². The number of fused-ring (bicyclic) bond motifs is 4. The average molecular weight is 386 g/mol. The maximum Gasteiger partial charge on any atom is 0.328 e. The number of aromatic nitrogens is 1. The SMILES string of the molecule is COC(=O)C(C)NC(=O)N1CCC2(CC1)Nc1cc(F)ccc1-n1cccc12. The molecule has 4 rings (SSSR count). The van der Waals surface area contributed by atoms with Crippen molar-refractivity contribution < 1.29 is 18.7 Å². The van der Waals surface area contributed by atoms with Crippen molar-refractivity contribution in [2.75, 3.05) is 25.5 Å². The topological polar surface area (TPSA) is 75.6 Å². The summed E-state index contributed by atoms with van der Waals surface area (Å²) < 4.78 is 20.5. The summed E-state index contributed by atoms with van der Waals surface area (Å²) in [7, 11) is 1.29. The number of likely N-dealkylation sites (tertiary alicyclic amines) is 1. The number of benzene rings is 1. The lowest BCUT2D eigenvalue weighted by atomic mass is 9.82. The van der Waals surface area contributed by atoms with Gasteiger partial charge in [0.15, 0.2) is 0 Å². The Morgan fingerprint density at radius 1 is 1.29 bits per heavy atom. The summed E-state index contributed by atoms with van der Waals surface area (Å²) in [4.78, 5) is 25.7. The van der Waals surface area contributed by atoms with E-state index in [0.29, 0.717) is 25.9 Å². The van der Waals surface area contributed by atoms with Gasteiger partial charge in [-0.1, -0.05) is 0 Å². The molecule has 0 radical (unpaired) electrons. The smallest absolute Gasteiger partial charge is 0.328 e. The third-order valence-corrected chi connectivity index (χ3v) is 5.63. The van der Waals surface area contributed by atoms with E-state index in [1.165, 1.54) is 19.2 Å². The molecule has 1 atom stereocenters. The third-order valence-electron chi connectivity index (χ3n) is 5.63. The predicted octanol–water partition coefficient (Wildman–Crippen LogP) is 2.60. The highest BCUT2D eigenvalue weighted by atomic mass is 19.1. The van der Waals surface area contributed by atoms with E-state index < -0.39 is 12.0 Å². The predicted molar refractivity (Wildman–Crippen MR) is 102 cm³/mol.